The first-order valence-corrected chi connectivity index (χ1v) is 10.1. The molecule has 1 unspecified atom stereocenters. The van der Waals surface area contributed by atoms with Crippen LogP contribution in [0.4, 0.5) is 0 Å². The van der Waals surface area contributed by atoms with Crippen LogP contribution in [0.3, 0.4) is 0 Å². The number of aryl methyl sites for hydroxylation is 1. The van der Waals surface area contributed by atoms with Gasteiger partial charge in [-0.2, -0.15) is 0 Å². The number of hydrogen-bond acceptors (Lipinski definition) is 2. The minimum absolute atomic E-state index is 0. The number of ether oxygens (including phenoxy) is 1. The highest BCUT2D eigenvalue weighted by Crippen LogP contribution is 2.35. The highest BCUT2D eigenvalue weighted by molar-refractivity contribution is 5.76. The second kappa shape index (κ2) is 9.39. The zero-order chi connectivity index (χ0) is 18.8. The van der Waals surface area contributed by atoms with E-state index in [9.17, 15) is 4.79 Å². The van der Waals surface area contributed by atoms with Gasteiger partial charge in [0.1, 0.15) is 6.10 Å². The van der Waals surface area contributed by atoms with Gasteiger partial charge in [0.15, 0.2) is 17.6 Å². The molecule has 27 heavy (non-hydrogen) atoms. The summed E-state index contributed by atoms with van der Waals surface area (Å²) >= 11 is 0. The van der Waals surface area contributed by atoms with E-state index >= 15 is 0 Å². The quantitative estimate of drug-likeness (QED) is 0.361. The maximum Gasteiger partial charge on any atom is 0.348 e. The van der Waals surface area contributed by atoms with E-state index in [2.05, 4.69) is 56.0 Å². The van der Waals surface area contributed by atoms with Crippen molar-refractivity contribution in [3.8, 4) is 0 Å². The van der Waals surface area contributed by atoms with Crippen LogP contribution in [0.2, 0.25) is 0 Å². The molecule has 1 saturated carbocycles. The molecule has 3 rings (SSSR count). The Labute approximate surface area is 180 Å². The fourth-order valence-electron chi connectivity index (χ4n) is 4.63. The number of carbonyl (C=O) groups is 1. The number of para-hydroxylation sites is 2. The Balaban J connectivity index is 0.00000261. The van der Waals surface area contributed by atoms with Crippen LogP contribution < -0.4 is 28.5 Å². The summed E-state index contributed by atoms with van der Waals surface area (Å²) in [5.74, 6) is 2.72. The largest absolute Gasteiger partial charge is 1.00 e. The van der Waals surface area contributed by atoms with Crippen LogP contribution in [0.15, 0.2) is 24.3 Å². The summed E-state index contributed by atoms with van der Waals surface area (Å²) in [6, 6.07) is 8.26. The topological polar surface area (TPSA) is 35.1 Å². The van der Waals surface area contributed by atoms with Crippen LogP contribution in [0.5, 0.6) is 0 Å². The molecule has 150 valence electrons. The van der Waals surface area contributed by atoms with E-state index in [1.54, 1.807) is 0 Å². The first-order valence-electron chi connectivity index (χ1n) is 10.1. The van der Waals surface area contributed by atoms with Gasteiger partial charge in [-0.1, -0.05) is 46.2 Å². The van der Waals surface area contributed by atoms with Crippen LogP contribution in [0.25, 0.3) is 11.0 Å². The molecule has 1 fully saturated rings. The second-order valence-electron chi connectivity index (χ2n) is 8.26. The van der Waals surface area contributed by atoms with Gasteiger partial charge >= 0.3 is 5.97 Å². The van der Waals surface area contributed by atoms with Gasteiger partial charge in [0.2, 0.25) is 0 Å². The summed E-state index contributed by atoms with van der Waals surface area (Å²) in [7, 11) is 2.07. The minimum atomic E-state index is -0.106. The molecule has 3 atom stereocenters. The van der Waals surface area contributed by atoms with E-state index in [4.69, 9.17) is 4.74 Å². The number of halogens is 1. The van der Waals surface area contributed by atoms with E-state index < -0.39 is 0 Å². The van der Waals surface area contributed by atoms with Crippen molar-refractivity contribution in [2.45, 2.75) is 66.0 Å². The monoisotopic (exact) mass is 484 g/mol. The fraction of sp³-hybridized carbons (Fsp3) is 0.636. The van der Waals surface area contributed by atoms with Gasteiger partial charge in [0.05, 0.1) is 7.05 Å². The predicted octanol–water partition coefficient (Wildman–Crippen LogP) is 1.04. The van der Waals surface area contributed by atoms with Gasteiger partial charge < -0.3 is 28.7 Å². The van der Waals surface area contributed by atoms with E-state index in [1.165, 1.54) is 12.8 Å². The number of fused-ring (bicyclic) bond motifs is 1. The van der Waals surface area contributed by atoms with Crippen molar-refractivity contribution < 1.29 is 38.1 Å². The Morgan fingerprint density at radius 1 is 1.30 bits per heavy atom. The first-order chi connectivity index (χ1) is 12.4. The number of nitrogens with zero attached hydrogens (tertiary/aromatic N) is 2. The van der Waals surface area contributed by atoms with E-state index in [0.717, 1.165) is 29.7 Å². The van der Waals surface area contributed by atoms with Crippen LogP contribution in [0, 0.1) is 17.8 Å². The summed E-state index contributed by atoms with van der Waals surface area (Å²) in [6.45, 7) is 9.19. The molecule has 0 bridgehead atoms. The zero-order valence-electron chi connectivity index (χ0n) is 17.2. The molecule has 0 N–H and O–H groups in total. The second-order valence-corrected chi connectivity index (χ2v) is 8.26. The molecule has 1 aromatic carbocycles. The van der Waals surface area contributed by atoms with Crippen LogP contribution >= 0.6 is 0 Å². The molecule has 0 amide bonds. The predicted molar refractivity (Wildman–Crippen MR) is 104 cm³/mol. The maximum atomic E-state index is 12.8. The molecular formula is C22H33IN2O2. The van der Waals surface area contributed by atoms with Crippen molar-refractivity contribution in [2.24, 2.45) is 24.8 Å². The Morgan fingerprint density at radius 3 is 2.67 bits per heavy atom. The normalized spacial score (nSPS) is 22.7. The average molecular weight is 484 g/mol. The number of hydrogen-bond donors (Lipinski definition) is 0. The molecule has 0 spiro atoms. The van der Waals surface area contributed by atoms with Gasteiger partial charge in [-0.15, -0.1) is 0 Å². The molecule has 1 aliphatic carbocycles. The number of aromatic nitrogens is 2. The average Bonchev–Trinajstić information content (AvgIpc) is 2.86. The van der Waals surface area contributed by atoms with Gasteiger partial charge in [0, 0.05) is 6.42 Å². The highest BCUT2D eigenvalue weighted by Gasteiger charge is 2.34. The van der Waals surface area contributed by atoms with Crippen molar-refractivity contribution >= 4 is 17.0 Å². The van der Waals surface area contributed by atoms with Crippen molar-refractivity contribution in [2.75, 3.05) is 0 Å². The molecule has 0 saturated heterocycles. The number of rotatable bonds is 5. The standard InChI is InChI=1S/C22H33N2O2.HI/c1-6-21-23(5)18-9-7-8-10-19(18)24(21)14-22(25)26-20-13-16(4)11-12-17(20)15(2)3;/h7-10,15-17,20H,6,11-14H2,1-5H3;1H/q+1;/p-1/t16-,17+,20?;/m1./s1. The minimum Gasteiger partial charge on any atom is -1.00 e. The van der Waals surface area contributed by atoms with E-state index in [1.807, 2.05) is 12.1 Å². The lowest BCUT2D eigenvalue weighted by Crippen LogP contribution is -3.00. The number of imidazole rings is 1. The van der Waals surface area contributed by atoms with Crippen LogP contribution in [-0.4, -0.2) is 16.6 Å². The van der Waals surface area contributed by atoms with E-state index in [0.29, 0.717) is 24.3 Å². The lowest BCUT2D eigenvalue weighted by molar-refractivity contribution is -0.653. The Hall–Kier alpha value is -1.11. The van der Waals surface area contributed by atoms with Crippen LogP contribution in [-0.2, 0) is 29.5 Å². The summed E-state index contributed by atoms with van der Waals surface area (Å²) in [5, 5.41) is 0. The Kier molecular flexibility index (Phi) is 7.72. The lowest BCUT2D eigenvalue weighted by atomic mass is 9.75. The van der Waals surface area contributed by atoms with Crippen molar-refractivity contribution in [1.82, 2.24) is 4.57 Å². The Bertz CT molecular complexity index is 784. The first kappa shape index (κ1) is 22.2. The van der Waals surface area contributed by atoms with Crippen molar-refractivity contribution in [3.63, 3.8) is 0 Å². The van der Waals surface area contributed by atoms with Gasteiger partial charge in [-0.25, -0.2) is 13.9 Å². The maximum absolute atomic E-state index is 12.8. The third kappa shape index (κ3) is 4.66. The molecular weight excluding hydrogens is 451 g/mol. The van der Waals surface area contributed by atoms with Crippen LogP contribution in [0.1, 0.15) is 52.8 Å². The molecule has 0 radical (unpaired) electrons. The number of esters is 1. The Morgan fingerprint density at radius 2 is 2.00 bits per heavy atom. The van der Waals surface area contributed by atoms with Gasteiger partial charge in [0.25, 0.3) is 5.82 Å². The molecule has 2 aromatic rings. The fourth-order valence-corrected chi connectivity index (χ4v) is 4.63. The summed E-state index contributed by atoms with van der Waals surface area (Å²) in [5.41, 5.74) is 2.25. The molecule has 1 aromatic heterocycles. The third-order valence-electron chi connectivity index (χ3n) is 6.08. The van der Waals surface area contributed by atoms with Gasteiger partial charge in [-0.05, 0) is 42.7 Å². The summed E-state index contributed by atoms with van der Waals surface area (Å²) in [4.78, 5) is 12.8. The molecule has 5 heteroatoms. The van der Waals surface area contributed by atoms with Gasteiger partial charge in [-0.3, -0.25) is 0 Å². The number of carbonyl (C=O) groups excluding carboxylic acids is 1. The number of benzene rings is 1. The molecule has 1 aliphatic rings. The molecule has 4 nitrogen and oxygen atoms in total. The smallest absolute Gasteiger partial charge is 0.348 e. The SMILES string of the molecule is CCc1n(CC(=O)OC2C[C@H](C)CC[C@H]2C(C)C)c2ccccc2[n+]1C.[I-]. The van der Waals surface area contributed by atoms with Crippen molar-refractivity contribution in [3.05, 3.63) is 30.1 Å². The third-order valence-corrected chi connectivity index (χ3v) is 6.08. The lowest BCUT2D eigenvalue weighted by Gasteiger charge is -2.36. The molecule has 1 heterocycles. The summed E-state index contributed by atoms with van der Waals surface area (Å²) < 4.78 is 10.3. The molecule has 0 aliphatic heterocycles. The van der Waals surface area contributed by atoms with Crippen molar-refractivity contribution in [1.29, 1.82) is 0 Å². The summed E-state index contributed by atoms with van der Waals surface area (Å²) in [6.07, 6.45) is 4.35. The van der Waals surface area contributed by atoms with E-state index in [-0.39, 0.29) is 36.0 Å². The highest BCUT2D eigenvalue weighted by atomic mass is 127. The zero-order valence-corrected chi connectivity index (χ0v) is 19.4.